The molecule has 0 spiro atoms. The Kier molecular flexibility index (Phi) is 4.09. The van der Waals surface area contributed by atoms with Crippen LogP contribution in [0.4, 0.5) is 0 Å². The molecule has 8 heteroatoms. The Morgan fingerprint density at radius 3 is 2.52 bits per heavy atom. The zero-order chi connectivity index (χ0) is 14.8. The van der Waals surface area contributed by atoms with Crippen LogP contribution >= 0.6 is 12.2 Å². The van der Waals surface area contributed by atoms with E-state index in [9.17, 15) is 0 Å². The average Bonchev–Trinajstić information content (AvgIpc) is 2.80. The highest BCUT2D eigenvalue weighted by Crippen LogP contribution is 2.15. The molecule has 0 amide bonds. The molecule has 2 aromatic heterocycles. The predicted octanol–water partition coefficient (Wildman–Crippen LogP) is 1.57. The van der Waals surface area contributed by atoms with Gasteiger partial charge in [0.1, 0.15) is 0 Å². The van der Waals surface area contributed by atoms with Crippen LogP contribution in [0.5, 0.6) is 0 Å². The van der Waals surface area contributed by atoms with Gasteiger partial charge in [0.25, 0.3) is 10.7 Å². The summed E-state index contributed by atoms with van der Waals surface area (Å²) in [6.07, 6.45) is 0. The molecule has 1 aliphatic rings. The molecule has 21 heavy (non-hydrogen) atoms. The third-order valence-corrected chi connectivity index (χ3v) is 3.51. The fourth-order valence-corrected chi connectivity index (χ4v) is 2.42. The summed E-state index contributed by atoms with van der Waals surface area (Å²) in [5.74, 6) is 0.833. The minimum atomic E-state index is 0.333. The highest BCUT2D eigenvalue weighted by atomic mass is 32.1. The van der Waals surface area contributed by atoms with Gasteiger partial charge in [-0.3, -0.25) is 4.90 Å². The second-order valence-corrected chi connectivity index (χ2v) is 5.37. The molecule has 1 fully saturated rings. The van der Waals surface area contributed by atoms with E-state index in [2.05, 4.69) is 20.0 Å². The number of aromatic nitrogens is 4. The molecular formula is C13H17N5O2S. The van der Waals surface area contributed by atoms with Gasteiger partial charge >= 0.3 is 0 Å². The first-order valence-electron chi connectivity index (χ1n) is 6.82. The number of rotatable bonds is 3. The van der Waals surface area contributed by atoms with Crippen molar-refractivity contribution in [1.29, 1.82) is 0 Å². The molecule has 0 aliphatic carbocycles. The van der Waals surface area contributed by atoms with E-state index >= 15 is 0 Å². The summed E-state index contributed by atoms with van der Waals surface area (Å²) in [6.45, 7) is 7.62. The lowest BCUT2D eigenvalue weighted by Gasteiger charge is -2.25. The minimum absolute atomic E-state index is 0.333. The van der Waals surface area contributed by atoms with Crippen molar-refractivity contribution in [2.75, 3.05) is 26.3 Å². The smallest absolute Gasteiger partial charge is 0.288 e. The molecule has 3 heterocycles. The van der Waals surface area contributed by atoms with Crippen molar-refractivity contribution >= 4 is 12.2 Å². The normalized spacial score (nSPS) is 16.3. The number of aryl methyl sites for hydroxylation is 2. The third kappa shape index (κ3) is 3.34. The van der Waals surface area contributed by atoms with E-state index in [1.165, 1.54) is 0 Å². The number of nitrogens with zero attached hydrogens (tertiary/aromatic N) is 5. The molecule has 0 bridgehead atoms. The molecule has 0 aromatic carbocycles. The molecular weight excluding hydrogens is 290 g/mol. The second-order valence-electron chi connectivity index (χ2n) is 5.02. The van der Waals surface area contributed by atoms with Crippen molar-refractivity contribution in [3.8, 4) is 11.7 Å². The van der Waals surface area contributed by atoms with E-state index in [0.29, 0.717) is 23.2 Å². The lowest BCUT2D eigenvalue weighted by molar-refractivity contribution is 0.0206. The summed E-state index contributed by atoms with van der Waals surface area (Å²) in [4.78, 5) is 11.2. The van der Waals surface area contributed by atoms with Gasteiger partial charge in [0.05, 0.1) is 19.9 Å². The van der Waals surface area contributed by atoms with Gasteiger partial charge in [0, 0.05) is 24.5 Å². The molecule has 7 nitrogen and oxygen atoms in total. The largest absolute Gasteiger partial charge is 0.406 e. The first-order chi connectivity index (χ1) is 10.1. The molecule has 0 saturated carbocycles. The Bertz CT molecular complexity index is 670. The van der Waals surface area contributed by atoms with Crippen molar-refractivity contribution in [2.24, 2.45) is 0 Å². The Morgan fingerprint density at radius 2 is 1.86 bits per heavy atom. The van der Waals surface area contributed by atoms with Crippen LogP contribution in [0.2, 0.25) is 0 Å². The fourth-order valence-electron chi connectivity index (χ4n) is 2.24. The van der Waals surface area contributed by atoms with E-state index in [4.69, 9.17) is 21.4 Å². The van der Waals surface area contributed by atoms with Gasteiger partial charge in [0.2, 0.25) is 5.82 Å². The van der Waals surface area contributed by atoms with Crippen LogP contribution in [-0.2, 0) is 11.4 Å². The number of ether oxygens (including phenoxy) is 1. The van der Waals surface area contributed by atoms with E-state index in [0.717, 1.165) is 37.7 Å². The molecule has 2 aromatic rings. The molecule has 0 atom stereocenters. The van der Waals surface area contributed by atoms with Crippen molar-refractivity contribution in [3.05, 3.63) is 22.3 Å². The maximum absolute atomic E-state index is 5.54. The number of morpholine rings is 1. The predicted molar refractivity (Wildman–Crippen MR) is 78.2 cm³/mol. The zero-order valence-electron chi connectivity index (χ0n) is 12.1. The summed E-state index contributed by atoms with van der Waals surface area (Å²) in [5.41, 5.74) is 1.75. The van der Waals surface area contributed by atoms with Gasteiger partial charge in [-0.15, -0.1) is 5.10 Å². The third-order valence-electron chi connectivity index (χ3n) is 3.22. The standard InChI is InChI=1S/C13H17N5O2S/c1-9-7-10(2)15-11(14-9)12-16-18(13(21)20-12)8-17-3-5-19-6-4-17/h7H,3-6,8H2,1-2H3. The quantitative estimate of drug-likeness (QED) is 0.797. The summed E-state index contributed by atoms with van der Waals surface area (Å²) >= 11 is 5.23. The summed E-state index contributed by atoms with van der Waals surface area (Å²) in [5, 5.41) is 4.39. The highest BCUT2D eigenvalue weighted by molar-refractivity contribution is 7.71. The molecule has 0 radical (unpaired) electrons. The monoisotopic (exact) mass is 307 g/mol. The lowest BCUT2D eigenvalue weighted by atomic mass is 10.3. The first-order valence-corrected chi connectivity index (χ1v) is 7.23. The minimum Gasteiger partial charge on any atom is -0.406 e. The summed E-state index contributed by atoms with van der Waals surface area (Å²) in [7, 11) is 0. The molecule has 112 valence electrons. The van der Waals surface area contributed by atoms with E-state index in [-0.39, 0.29) is 0 Å². The Morgan fingerprint density at radius 1 is 1.19 bits per heavy atom. The van der Waals surface area contributed by atoms with Crippen molar-refractivity contribution < 1.29 is 9.15 Å². The van der Waals surface area contributed by atoms with E-state index < -0.39 is 0 Å². The van der Waals surface area contributed by atoms with Crippen LogP contribution in [0.25, 0.3) is 11.7 Å². The zero-order valence-corrected chi connectivity index (χ0v) is 12.9. The Balaban J connectivity index is 1.84. The van der Waals surface area contributed by atoms with E-state index in [1.807, 2.05) is 19.9 Å². The Hall–Kier alpha value is -1.64. The van der Waals surface area contributed by atoms with Gasteiger partial charge in [0.15, 0.2) is 0 Å². The van der Waals surface area contributed by atoms with Crippen molar-refractivity contribution in [3.63, 3.8) is 0 Å². The van der Waals surface area contributed by atoms with Crippen LogP contribution < -0.4 is 0 Å². The summed E-state index contributed by atoms with van der Waals surface area (Å²) in [6, 6.07) is 1.91. The van der Waals surface area contributed by atoms with Gasteiger partial charge in [-0.05, 0) is 32.1 Å². The molecule has 3 rings (SSSR count). The molecule has 1 aliphatic heterocycles. The lowest BCUT2D eigenvalue weighted by Crippen LogP contribution is -2.37. The van der Waals surface area contributed by atoms with Crippen molar-refractivity contribution in [2.45, 2.75) is 20.5 Å². The van der Waals surface area contributed by atoms with Gasteiger partial charge in [-0.25, -0.2) is 14.6 Å². The first kappa shape index (κ1) is 14.3. The number of hydrogen-bond acceptors (Lipinski definition) is 7. The average molecular weight is 307 g/mol. The van der Waals surface area contributed by atoms with Crippen molar-refractivity contribution in [1.82, 2.24) is 24.6 Å². The Labute approximate surface area is 127 Å². The number of hydrogen-bond donors (Lipinski definition) is 0. The van der Waals surface area contributed by atoms with Gasteiger partial charge in [-0.2, -0.15) is 0 Å². The summed E-state index contributed by atoms with van der Waals surface area (Å²) < 4.78 is 12.5. The molecule has 1 saturated heterocycles. The highest BCUT2D eigenvalue weighted by Gasteiger charge is 2.16. The van der Waals surface area contributed by atoms with Crippen LogP contribution in [-0.4, -0.2) is 51.0 Å². The maximum atomic E-state index is 5.54. The van der Waals surface area contributed by atoms with E-state index in [1.54, 1.807) is 4.68 Å². The van der Waals surface area contributed by atoms with Gasteiger partial charge in [-0.1, -0.05) is 0 Å². The van der Waals surface area contributed by atoms with Crippen LogP contribution in [0.15, 0.2) is 10.5 Å². The van der Waals surface area contributed by atoms with Gasteiger partial charge < -0.3 is 9.15 Å². The topological polar surface area (TPSA) is 69.2 Å². The van der Waals surface area contributed by atoms with Crippen LogP contribution in [0.1, 0.15) is 11.4 Å². The van der Waals surface area contributed by atoms with Crippen LogP contribution in [0.3, 0.4) is 0 Å². The molecule has 0 unspecified atom stereocenters. The maximum Gasteiger partial charge on any atom is 0.288 e. The molecule has 0 N–H and O–H groups in total. The second kappa shape index (κ2) is 6.00. The van der Waals surface area contributed by atoms with Crippen LogP contribution in [0, 0.1) is 18.7 Å². The SMILES string of the molecule is Cc1cc(C)nc(-c2nn(CN3CCOCC3)c(=S)o2)n1. The fraction of sp³-hybridized carbons (Fsp3) is 0.538.